The third kappa shape index (κ3) is 4.08. The maximum atomic E-state index is 12.4. The van der Waals surface area contributed by atoms with E-state index < -0.39 is 0 Å². The third-order valence-electron chi connectivity index (χ3n) is 4.43. The van der Waals surface area contributed by atoms with Gasteiger partial charge >= 0.3 is 0 Å². The number of halogens is 1. The van der Waals surface area contributed by atoms with Crippen molar-refractivity contribution in [2.24, 2.45) is 0 Å². The van der Waals surface area contributed by atoms with Crippen LogP contribution in [0.4, 0.5) is 5.69 Å². The van der Waals surface area contributed by atoms with Gasteiger partial charge in [-0.25, -0.2) is 4.98 Å². The van der Waals surface area contributed by atoms with E-state index in [0.717, 1.165) is 54.0 Å². The fraction of sp³-hybridized carbons (Fsp3) is 0.444. The summed E-state index contributed by atoms with van der Waals surface area (Å²) in [5.41, 5.74) is 2.21. The Bertz CT molecular complexity index is 703. The van der Waals surface area contributed by atoms with E-state index in [9.17, 15) is 4.79 Å². The van der Waals surface area contributed by atoms with Crippen molar-refractivity contribution < 1.29 is 4.79 Å². The number of aryl methyl sites for hydroxylation is 3. The van der Waals surface area contributed by atoms with Gasteiger partial charge in [-0.3, -0.25) is 4.79 Å². The first kappa shape index (κ1) is 17.2. The summed E-state index contributed by atoms with van der Waals surface area (Å²) in [6.45, 7) is 7.32. The van der Waals surface area contributed by atoms with Gasteiger partial charge in [0, 0.05) is 54.6 Å². The Hall–Kier alpha value is -1.59. The highest BCUT2D eigenvalue weighted by Gasteiger charge is 2.21. The molecule has 0 aliphatic carbocycles. The van der Waals surface area contributed by atoms with Crippen LogP contribution in [0.3, 0.4) is 0 Å². The van der Waals surface area contributed by atoms with E-state index >= 15 is 0 Å². The molecular formula is C18H22ClN3OS. The Morgan fingerprint density at radius 2 is 2.00 bits per heavy atom. The Labute approximate surface area is 152 Å². The Morgan fingerprint density at radius 1 is 1.25 bits per heavy atom. The summed E-state index contributed by atoms with van der Waals surface area (Å²) in [4.78, 5) is 22.4. The average molecular weight is 364 g/mol. The van der Waals surface area contributed by atoms with Gasteiger partial charge in [0.15, 0.2) is 0 Å². The highest BCUT2D eigenvalue weighted by atomic mass is 35.5. The number of piperazine rings is 1. The zero-order chi connectivity index (χ0) is 17.1. The van der Waals surface area contributed by atoms with Crippen LogP contribution in [0.2, 0.25) is 5.02 Å². The number of thiazole rings is 1. The van der Waals surface area contributed by atoms with Crippen LogP contribution in [0.25, 0.3) is 0 Å². The molecule has 2 aromatic rings. The van der Waals surface area contributed by atoms with E-state index in [0.29, 0.717) is 6.42 Å². The van der Waals surface area contributed by atoms with Crippen LogP contribution in [-0.2, 0) is 11.2 Å². The van der Waals surface area contributed by atoms with Crippen LogP contribution in [0.15, 0.2) is 24.3 Å². The molecule has 1 saturated heterocycles. The fourth-order valence-corrected chi connectivity index (χ4v) is 4.02. The fourth-order valence-electron chi connectivity index (χ4n) is 2.90. The van der Waals surface area contributed by atoms with E-state index in [1.54, 1.807) is 11.3 Å². The van der Waals surface area contributed by atoms with Crippen molar-refractivity contribution in [2.75, 3.05) is 31.1 Å². The van der Waals surface area contributed by atoms with Crippen LogP contribution in [0, 0.1) is 13.8 Å². The molecule has 1 aliphatic rings. The zero-order valence-electron chi connectivity index (χ0n) is 14.1. The summed E-state index contributed by atoms with van der Waals surface area (Å²) in [5, 5.41) is 1.82. The minimum atomic E-state index is 0.228. The highest BCUT2D eigenvalue weighted by Crippen LogP contribution is 2.21. The molecule has 6 heteroatoms. The summed E-state index contributed by atoms with van der Waals surface area (Å²) in [5.74, 6) is 0.228. The molecule has 0 unspecified atom stereocenters. The van der Waals surface area contributed by atoms with Crippen molar-refractivity contribution in [3.8, 4) is 0 Å². The molecule has 3 rings (SSSR count). The molecule has 1 fully saturated rings. The van der Waals surface area contributed by atoms with Gasteiger partial charge in [0.2, 0.25) is 5.91 Å². The van der Waals surface area contributed by atoms with E-state index in [1.165, 1.54) is 4.88 Å². The van der Waals surface area contributed by atoms with Gasteiger partial charge < -0.3 is 9.80 Å². The second-order valence-corrected chi connectivity index (χ2v) is 7.82. The van der Waals surface area contributed by atoms with Gasteiger partial charge in [-0.1, -0.05) is 17.7 Å². The standard InChI is InChI=1S/C18H22ClN3OS/c1-13-14(2)24-17(20-13)6-7-18(23)22-10-8-21(9-11-22)16-5-3-4-15(19)12-16/h3-5,12H,6-11H2,1-2H3. The number of anilines is 1. The van der Waals surface area contributed by atoms with E-state index in [1.807, 2.05) is 30.0 Å². The number of hydrogen-bond acceptors (Lipinski definition) is 4. The second-order valence-electron chi connectivity index (χ2n) is 6.10. The molecule has 0 radical (unpaired) electrons. The number of hydrogen-bond donors (Lipinski definition) is 0. The predicted octanol–water partition coefficient (Wildman–Crippen LogP) is 3.69. The lowest BCUT2D eigenvalue weighted by Gasteiger charge is -2.36. The summed E-state index contributed by atoms with van der Waals surface area (Å²) in [7, 11) is 0. The summed E-state index contributed by atoms with van der Waals surface area (Å²) in [6.07, 6.45) is 1.29. The van der Waals surface area contributed by atoms with Gasteiger partial charge in [-0.05, 0) is 32.0 Å². The van der Waals surface area contributed by atoms with Gasteiger partial charge in [-0.2, -0.15) is 0 Å². The van der Waals surface area contributed by atoms with E-state index in [2.05, 4.69) is 22.9 Å². The largest absolute Gasteiger partial charge is 0.368 e. The first-order chi connectivity index (χ1) is 11.5. The molecule has 2 heterocycles. The normalized spacial score (nSPS) is 15.0. The SMILES string of the molecule is Cc1nc(CCC(=O)N2CCN(c3cccc(Cl)c3)CC2)sc1C. The number of benzene rings is 1. The van der Waals surface area contributed by atoms with E-state index in [-0.39, 0.29) is 5.91 Å². The first-order valence-corrected chi connectivity index (χ1v) is 9.43. The molecule has 0 atom stereocenters. The van der Waals surface area contributed by atoms with Crippen molar-refractivity contribution in [3.63, 3.8) is 0 Å². The molecule has 1 aromatic carbocycles. The van der Waals surface area contributed by atoms with Gasteiger partial charge in [-0.15, -0.1) is 11.3 Å². The maximum Gasteiger partial charge on any atom is 0.223 e. The molecule has 128 valence electrons. The smallest absolute Gasteiger partial charge is 0.223 e. The Balaban J connectivity index is 1.50. The lowest BCUT2D eigenvalue weighted by Crippen LogP contribution is -2.48. The lowest BCUT2D eigenvalue weighted by molar-refractivity contribution is -0.131. The minimum Gasteiger partial charge on any atom is -0.368 e. The second kappa shape index (κ2) is 7.53. The number of nitrogens with zero attached hydrogens (tertiary/aromatic N) is 3. The molecule has 0 spiro atoms. The monoisotopic (exact) mass is 363 g/mol. The zero-order valence-corrected chi connectivity index (χ0v) is 15.7. The van der Waals surface area contributed by atoms with Crippen LogP contribution in [0.1, 0.15) is 22.0 Å². The molecule has 0 N–H and O–H groups in total. The number of aromatic nitrogens is 1. The van der Waals surface area contributed by atoms with Crippen LogP contribution in [-0.4, -0.2) is 42.0 Å². The van der Waals surface area contributed by atoms with E-state index in [4.69, 9.17) is 11.6 Å². The van der Waals surface area contributed by atoms with Crippen LogP contribution < -0.4 is 4.90 Å². The number of carbonyl (C=O) groups excluding carboxylic acids is 1. The molecule has 1 aromatic heterocycles. The summed E-state index contributed by atoms with van der Waals surface area (Å²) in [6, 6.07) is 7.89. The lowest BCUT2D eigenvalue weighted by atomic mass is 10.2. The van der Waals surface area contributed by atoms with Gasteiger partial charge in [0.25, 0.3) is 0 Å². The van der Waals surface area contributed by atoms with Crippen LogP contribution >= 0.6 is 22.9 Å². The molecule has 1 amide bonds. The highest BCUT2D eigenvalue weighted by molar-refractivity contribution is 7.11. The first-order valence-electron chi connectivity index (χ1n) is 8.24. The molecule has 24 heavy (non-hydrogen) atoms. The Kier molecular flexibility index (Phi) is 5.41. The van der Waals surface area contributed by atoms with Crippen LogP contribution in [0.5, 0.6) is 0 Å². The van der Waals surface area contributed by atoms with Gasteiger partial charge in [0.05, 0.1) is 10.7 Å². The maximum absolute atomic E-state index is 12.4. The number of amides is 1. The quantitative estimate of drug-likeness (QED) is 0.831. The van der Waals surface area contributed by atoms with Crippen molar-refractivity contribution in [1.82, 2.24) is 9.88 Å². The average Bonchev–Trinajstić information content (AvgIpc) is 2.91. The van der Waals surface area contributed by atoms with Crippen molar-refractivity contribution in [1.29, 1.82) is 0 Å². The van der Waals surface area contributed by atoms with Crippen molar-refractivity contribution >= 4 is 34.5 Å². The molecule has 0 saturated carbocycles. The molecule has 1 aliphatic heterocycles. The van der Waals surface area contributed by atoms with Crippen molar-refractivity contribution in [2.45, 2.75) is 26.7 Å². The Morgan fingerprint density at radius 3 is 2.62 bits per heavy atom. The van der Waals surface area contributed by atoms with Gasteiger partial charge in [0.1, 0.15) is 0 Å². The third-order valence-corrected chi connectivity index (χ3v) is 5.80. The molecule has 0 bridgehead atoms. The molecular weight excluding hydrogens is 342 g/mol. The topological polar surface area (TPSA) is 36.4 Å². The predicted molar refractivity (Wildman–Crippen MR) is 100 cm³/mol. The molecule has 4 nitrogen and oxygen atoms in total. The summed E-state index contributed by atoms with van der Waals surface area (Å²) < 4.78 is 0. The van der Waals surface area contributed by atoms with Crippen molar-refractivity contribution in [3.05, 3.63) is 44.9 Å². The minimum absolute atomic E-state index is 0.228. The number of rotatable bonds is 4. The number of carbonyl (C=O) groups is 1. The summed E-state index contributed by atoms with van der Waals surface area (Å²) >= 11 is 7.76.